The maximum atomic E-state index is 12.5. The van der Waals surface area contributed by atoms with Crippen molar-refractivity contribution in [2.75, 3.05) is 40.1 Å². The number of phenols is 1. The Morgan fingerprint density at radius 3 is 2.79 bits per heavy atom. The summed E-state index contributed by atoms with van der Waals surface area (Å²) in [6.45, 7) is 2.91. The first-order valence-corrected chi connectivity index (χ1v) is 8.32. The average Bonchev–Trinajstić information content (AvgIpc) is 2.85. The quantitative estimate of drug-likeness (QED) is 0.828. The van der Waals surface area contributed by atoms with Gasteiger partial charge in [0.05, 0.1) is 31.9 Å². The van der Waals surface area contributed by atoms with Crippen LogP contribution in [0.1, 0.15) is 5.56 Å². The Bertz CT molecular complexity index is 685. The minimum absolute atomic E-state index is 0.0232. The average molecular weight is 350 g/mol. The van der Waals surface area contributed by atoms with Crippen LogP contribution in [0.25, 0.3) is 6.08 Å². The summed E-state index contributed by atoms with van der Waals surface area (Å²) < 4.78 is 10.3. The maximum absolute atomic E-state index is 12.5. The van der Waals surface area contributed by atoms with Gasteiger partial charge in [-0.2, -0.15) is 0 Å². The molecule has 2 amide bonds. The largest absolute Gasteiger partial charge is 0.504 e. The number of imide groups is 1. The molecule has 2 fully saturated rings. The lowest BCUT2D eigenvalue weighted by molar-refractivity contribution is -0.125. The fourth-order valence-electron chi connectivity index (χ4n) is 2.50. The third kappa shape index (κ3) is 3.55. The molecule has 2 aliphatic heterocycles. The van der Waals surface area contributed by atoms with Crippen molar-refractivity contribution in [3.63, 3.8) is 0 Å². The van der Waals surface area contributed by atoms with E-state index in [9.17, 15) is 14.7 Å². The normalized spacial score (nSPS) is 20.9. The van der Waals surface area contributed by atoms with E-state index < -0.39 is 0 Å². The van der Waals surface area contributed by atoms with Gasteiger partial charge in [0.1, 0.15) is 0 Å². The standard InChI is InChI=1S/C16H18N2O5S/c1-22-13-8-11(2-3-12(13)19)9-14-15(20)18(16(21)24-14)10-17-4-6-23-7-5-17/h2-3,8-9,19H,4-7,10H2,1H3/b14-9-. The first-order chi connectivity index (χ1) is 11.6. The molecule has 0 saturated carbocycles. The molecule has 0 spiro atoms. The lowest BCUT2D eigenvalue weighted by Crippen LogP contribution is -2.45. The highest BCUT2D eigenvalue weighted by atomic mass is 32.2. The Hall–Kier alpha value is -2.03. The van der Waals surface area contributed by atoms with Gasteiger partial charge in [-0.15, -0.1) is 0 Å². The molecule has 0 aliphatic carbocycles. The number of methoxy groups -OCH3 is 1. The van der Waals surface area contributed by atoms with Gasteiger partial charge < -0.3 is 14.6 Å². The number of morpholine rings is 1. The second-order valence-electron chi connectivity index (χ2n) is 5.41. The Balaban J connectivity index is 1.75. The van der Waals surface area contributed by atoms with Gasteiger partial charge in [0.25, 0.3) is 11.1 Å². The predicted octanol–water partition coefficient (Wildman–Crippen LogP) is 1.73. The van der Waals surface area contributed by atoms with Crippen LogP contribution < -0.4 is 4.74 Å². The number of carbonyl (C=O) groups is 2. The molecule has 1 aromatic carbocycles. The zero-order valence-corrected chi connectivity index (χ0v) is 14.0. The van der Waals surface area contributed by atoms with Gasteiger partial charge in [-0.05, 0) is 35.5 Å². The molecule has 24 heavy (non-hydrogen) atoms. The van der Waals surface area contributed by atoms with Crippen LogP contribution >= 0.6 is 11.8 Å². The minimum Gasteiger partial charge on any atom is -0.504 e. The second kappa shape index (κ2) is 7.25. The summed E-state index contributed by atoms with van der Waals surface area (Å²) in [6.07, 6.45) is 1.63. The van der Waals surface area contributed by atoms with Crippen molar-refractivity contribution in [3.8, 4) is 11.5 Å². The molecule has 1 aromatic rings. The topological polar surface area (TPSA) is 79.3 Å². The summed E-state index contributed by atoms with van der Waals surface area (Å²) in [5.74, 6) is 0.0369. The molecule has 0 radical (unpaired) electrons. The summed E-state index contributed by atoms with van der Waals surface area (Å²) in [4.78, 5) is 28.3. The first kappa shape index (κ1) is 16.8. The molecule has 0 unspecified atom stereocenters. The molecule has 0 aromatic heterocycles. The van der Waals surface area contributed by atoms with E-state index in [2.05, 4.69) is 0 Å². The van der Waals surface area contributed by atoms with Crippen LogP contribution in [-0.4, -0.2) is 66.1 Å². The molecular formula is C16H18N2O5S. The van der Waals surface area contributed by atoms with Crippen LogP contribution in [0.2, 0.25) is 0 Å². The minimum atomic E-state index is -0.302. The highest BCUT2D eigenvalue weighted by Crippen LogP contribution is 2.34. The number of thioether (sulfide) groups is 1. The van der Waals surface area contributed by atoms with E-state index >= 15 is 0 Å². The van der Waals surface area contributed by atoms with E-state index in [0.717, 1.165) is 11.8 Å². The second-order valence-corrected chi connectivity index (χ2v) is 6.41. The summed E-state index contributed by atoms with van der Waals surface area (Å²) in [5.41, 5.74) is 0.682. The van der Waals surface area contributed by atoms with E-state index in [1.165, 1.54) is 18.1 Å². The van der Waals surface area contributed by atoms with Crippen LogP contribution in [0.5, 0.6) is 11.5 Å². The van der Waals surface area contributed by atoms with Gasteiger partial charge in [-0.3, -0.25) is 19.4 Å². The lowest BCUT2D eigenvalue weighted by Gasteiger charge is -2.29. The molecule has 0 atom stereocenters. The number of hydrogen-bond donors (Lipinski definition) is 1. The van der Waals surface area contributed by atoms with Gasteiger partial charge in [0.2, 0.25) is 0 Å². The summed E-state index contributed by atoms with van der Waals surface area (Å²) in [7, 11) is 1.45. The van der Waals surface area contributed by atoms with Gasteiger partial charge >= 0.3 is 0 Å². The van der Waals surface area contributed by atoms with Crippen LogP contribution in [-0.2, 0) is 9.53 Å². The van der Waals surface area contributed by atoms with E-state index in [4.69, 9.17) is 9.47 Å². The molecule has 1 N–H and O–H groups in total. The number of hydrogen-bond acceptors (Lipinski definition) is 7. The van der Waals surface area contributed by atoms with Gasteiger partial charge in [0.15, 0.2) is 11.5 Å². The Kier molecular flexibility index (Phi) is 5.08. The van der Waals surface area contributed by atoms with Crippen molar-refractivity contribution in [3.05, 3.63) is 28.7 Å². The smallest absolute Gasteiger partial charge is 0.294 e. The van der Waals surface area contributed by atoms with Crippen molar-refractivity contribution in [1.82, 2.24) is 9.80 Å². The van der Waals surface area contributed by atoms with E-state index in [1.807, 2.05) is 4.90 Å². The zero-order chi connectivity index (χ0) is 17.1. The number of benzene rings is 1. The molecular weight excluding hydrogens is 332 g/mol. The number of carbonyl (C=O) groups excluding carboxylic acids is 2. The Morgan fingerprint density at radius 1 is 1.33 bits per heavy atom. The first-order valence-electron chi connectivity index (χ1n) is 7.51. The van der Waals surface area contributed by atoms with Crippen LogP contribution in [0.15, 0.2) is 23.1 Å². The van der Waals surface area contributed by atoms with Gasteiger partial charge in [-0.1, -0.05) is 6.07 Å². The van der Waals surface area contributed by atoms with E-state index in [0.29, 0.717) is 42.5 Å². The van der Waals surface area contributed by atoms with Crippen molar-refractivity contribution >= 4 is 29.0 Å². The van der Waals surface area contributed by atoms with Gasteiger partial charge in [0, 0.05) is 13.1 Å². The summed E-state index contributed by atoms with van der Waals surface area (Å²) in [5, 5.41) is 9.34. The van der Waals surface area contributed by atoms with Crippen molar-refractivity contribution in [2.24, 2.45) is 0 Å². The predicted molar refractivity (Wildman–Crippen MR) is 89.7 cm³/mol. The monoisotopic (exact) mass is 350 g/mol. The maximum Gasteiger partial charge on any atom is 0.294 e. The highest BCUT2D eigenvalue weighted by Gasteiger charge is 2.36. The van der Waals surface area contributed by atoms with E-state index in [-0.39, 0.29) is 23.6 Å². The molecule has 8 heteroatoms. The third-order valence-corrected chi connectivity index (χ3v) is 4.73. The zero-order valence-electron chi connectivity index (χ0n) is 13.2. The van der Waals surface area contributed by atoms with E-state index in [1.54, 1.807) is 18.2 Å². The number of phenolic OH excluding ortho intramolecular Hbond substituents is 1. The molecule has 3 rings (SSSR count). The van der Waals surface area contributed by atoms with Crippen LogP contribution in [0, 0.1) is 0 Å². The molecule has 0 bridgehead atoms. The van der Waals surface area contributed by atoms with Crippen molar-refractivity contribution in [1.29, 1.82) is 0 Å². The highest BCUT2D eigenvalue weighted by molar-refractivity contribution is 8.18. The summed E-state index contributed by atoms with van der Waals surface area (Å²) >= 11 is 0.920. The summed E-state index contributed by atoms with van der Waals surface area (Å²) in [6, 6.07) is 4.77. The Labute approximate surface area is 143 Å². The third-order valence-electron chi connectivity index (χ3n) is 3.82. The Morgan fingerprint density at radius 2 is 2.08 bits per heavy atom. The fraction of sp³-hybridized carbons (Fsp3) is 0.375. The number of amides is 2. The van der Waals surface area contributed by atoms with Crippen LogP contribution in [0.4, 0.5) is 4.79 Å². The molecule has 7 nitrogen and oxygen atoms in total. The number of ether oxygens (including phenoxy) is 2. The fourth-order valence-corrected chi connectivity index (χ4v) is 3.33. The SMILES string of the molecule is COc1cc(/C=C2\SC(=O)N(CN3CCOCC3)C2=O)ccc1O. The van der Waals surface area contributed by atoms with Crippen molar-refractivity contribution in [2.45, 2.75) is 0 Å². The number of nitrogens with zero attached hydrogens (tertiary/aromatic N) is 2. The number of aromatic hydroxyl groups is 1. The van der Waals surface area contributed by atoms with Gasteiger partial charge in [-0.25, -0.2) is 0 Å². The van der Waals surface area contributed by atoms with Crippen molar-refractivity contribution < 1.29 is 24.2 Å². The lowest BCUT2D eigenvalue weighted by atomic mass is 10.2. The number of rotatable bonds is 4. The molecule has 2 saturated heterocycles. The van der Waals surface area contributed by atoms with Crippen LogP contribution in [0.3, 0.4) is 0 Å². The molecule has 2 aliphatic rings. The molecule has 128 valence electrons. The molecule has 2 heterocycles.